The highest BCUT2D eigenvalue weighted by molar-refractivity contribution is 7.99. The second kappa shape index (κ2) is 10.5. The van der Waals surface area contributed by atoms with Gasteiger partial charge in [0.1, 0.15) is 0 Å². The van der Waals surface area contributed by atoms with E-state index in [4.69, 9.17) is 5.73 Å². The number of para-hydroxylation sites is 2. The zero-order valence-corrected chi connectivity index (χ0v) is 15.8. The number of carbonyl (C=O) groups excluding carboxylic acids is 2. The molecule has 0 bridgehead atoms. The molecule has 2 aromatic rings. The van der Waals surface area contributed by atoms with Gasteiger partial charge in [-0.2, -0.15) is 0 Å². The molecule has 0 saturated heterocycles. The summed E-state index contributed by atoms with van der Waals surface area (Å²) in [6, 6.07) is 14.9. The van der Waals surface area contributed by atoms with Gasteiger partial charge in [0.05, 0.1) is 11.4 Å². The van der Waals surface area contributed by atoms with Gasteiger partial charge < -0.3 is 16.4 Å². The number of hydrogen-bond donors (Lipinski definition) is 3. The molecule has 0 radical (unpaired) electrons. The van der Waals surface area contributed by atoms with E-state index < -0.39 is 0 Å². The Morgan fingerprint density at radius 1 is 1.00 bits per heavy atom. The van der Waals surface area contributed by atoms with Crippen molar-refractivity contribution in [2.45, 2.75) is 30.6 Å². The van der Waals surface area contributed by atoms with E-state index in [2.05, 4.69) is 10.6 Å². The lowest BCUT2D eigenvalue weighted by Crippen LogP contribution is -2.17. The Hall–Kier alpha value is -2.47. The van der Waals surface area contributed by atoms with Gasteiger partial charge in [-0.05, 0) is 55.0 Å². The molecule has 0 aliphatic carbocycles. The summed E-state index contributed by atoms with van der Waals surface area (Å²) in [6.45, 7) is 0. The first kappa shape index (κ1) is 19.8. The maximum atomic E-state index is 11.9. The van der Waals surface area contributed by atoms with E-state index in [0.29, 0.717) is 23.4 Å². The Balaban J connectivity index is 1.60. The van der Waals surface area contributed by atoms with Crippen LogP contribution in [0.25, 0.3) is 0 Å². The van der Waals surface area contributed by atoms with Crippen LogP contribution in [0.2, 0.25) is 0 Å². The summed E-state index contributed by atoms with van der Waals surface area (Å²) in [5, 5.41) is 5.45. The van der Waals surface area contributed by atoms with Crippen molar-refractivity contribution in [1.82, 2.24) is 5.32 Å². The number of amides is 2. The number of unbranched alkanes of at least 4 members (excludes halogenated alkanes) is 2. The highest BCUT2D eigenvalue weighted by atomic mass is 32.2. The number of carbonyl (C=O) groups is 2. The molecule has 4 N–H and O–H groups in total. The monoisotopic (exact) mass is 371 g/mol. The Bertz CT molecular complexity index is 732. The van der Waals surface area contributed by atoms with Crippen LogP contribution in [-0.2, 0) is 4.79 Å². The number of nitrogens with one attached hydrogen (secondary N) is 2. The largest absolute Gasteiger partial charge is 0.397 e. The summed E-state index contributed by atoms with van der Waals surface area (Å²) in [4.78, 5) is 24.6. The molecule has 0 spiro atoms. The predicted octanol–water partition coefficient (Wildman–Crippen LogP) is 3.92. The minimum atomic E-state index is -0.0721. The molecule has 26 heavy (non-hydrogen) atoms. The number of anilines is 2. The average molecular weight is 372 g/mol. The first-order valence-corrected chi connectivity index (χ1v) is 9.68. The van der Waals surface area contributed by atoms with Gasteiger partial charge in [-0.3, -0.25) is 9.59 Å². The first-order chi connectivity index (χ1) is 12.6. The second-order valence-electron chi connectivity index (χ2n) is 5.90. The molecular formula is C20H25N3O2S. The van der Waals surface area contributed by atoms with Gasteiger partial charge in [-0.1, -0.05) is 18.6 Å². The van der Waals surface area contributed by atoms with Crippen molar-refractivity contribution in [2.75, 3.05) is 23.9 Å². The number of thioether (sulfide) groups is 1. The third kappa shape index (κ3) is 6.44. The van der Waals surface area contributed by atoms with Gasteiger partial charge in [0.2, 0.25) is 5.91 Å². The number of rotatable bonds is 9. The summed E-state index contributed by atoms with van der Waals surface area (Å²) in [5.74, 6) is 0.921. The highest BCUT2D eigenvalue weighted by Gasteiger charge is 2.05. The normalized spacial score (nSPS) is 10.3. The fourth-order valence-electron chi connectivity index (χ4n) is 2.42. The molecule has 0 atom stereocenters. The van der Waals surface area contributed by atoms with Gasteiger partial charge in [0.15, 0.2) is 0 Å². The molecule has 0 aromatic heterocycles. The van der Waals surface area contributed by atoms with Crippen molar-refractivity contribution in [3.63, 3.8) is 0 Å². The van der Waals surface area contributed by atoms with E-state index in [1.165, 1.54) is 0 Å². The van der Waals surface area contributed by atoms with Crippen LogP contribution in [0.1, 0.15) is 36.0 Å². The van der Waals surface area contributed by atoms with Crippen molar-refractivity contribution in [3.05, 3.63) is 54.1 Å². The zero-order valence-electron chi connectivity index (χ0n) is 15.0. The Morgan fingerprint density at radius 3 is 2.42 bits per heavy atom. The molecule has 2 amide bonds. The van der Waals surface area contributed by atoms with Gasteiger partial charge in [-0.25, -0.2) is 0 Å². The number of nitrogens with two attached hydrogens (primary N) is 1. The summed E-state index contributed by atoms with van der Waals surface area (Å²) < 4.78 is 0. The van der Waals surface area contributed by atoms with Crippen LogP contribution in [0, 0.1) is 0 Å². The quantitative estimate of drug-likeness (QED) is 0.354. The Labute approximate surface area is 158 Å². The van der Waals surface area contributed by atoms with Crippen molar-refractivity contribution < 1.29 is 9.59 Å². The van der Waals surface area contributed by atoms with Gasteiger partial charge in [0, 0.05) is 23.9 Å². The Morgan fingerprint density at radius 2 is 1.73 bits per heavy atom. The molecule has 0 heterocycles. The van der Waals surface area contributed by atoms with Crippen molar-refractivity contribution in [3.8, 4) is 0 Å². The number of hydrogen-bond acceptors (Lipinski definition) is 4. The molecule has 2 rings (SSSR count). The van der Waals surface area contributed by atoms with Crippen molar-refractivity contribution in [1.29, 1.82) is 0 Å². The highest BCUT2D eigenvalue weighted by Crippen LogP contribution is 2.21. The summed E-state index contributed by atoms with van der Waals surface area (Å²) in [5.41, 5.74) is 7.74. The minimum Gasteiger partial charge on any atom is -0.397 e. The summed E-state index contributed by atoms with van der Waals surface area (Å²) >= 11 is 1.76. The fourth-order valence-corrected chi connectivity index (χ4v) is 3.34. The van der Waals surface area contributed by atoms with Crippen LogP contribution < -0.4 is 16.4 Å². The third-order valence-electron chi connectivity index (χ3n) is 3.90. The summed E-state index contributed by atoms with van der Waals surface area (Å²) in [6.07, 6.45) is 3.40. The predicted molar refractivity (Wildman–Crippen MR) is 109 cm³/mol. The van der Waals surface area contributed by atoms with Crippen molar-refractivity contribution >= 4 is 35.0 Å². The lowest BCUT2D eigenvalue weighted by Gasteiger charge is -2.07. The molecule has 0 fully saturated rings. The molecule has 2 aromatic carbocycles. The van der Waals surface area contributed by atoms with Gasteiger partial charge in [-0.15, -0.1) is 11.8 Å². The van der Waals surface area contributed by atoms with E-state index in [-0.39, 0.29) is 11.8 Å². The smallest absolute Gasteiger partial charge is 0.251 e. The average Bonchev–Trinajstić information content (AvgIpc) is 2.66. The molecule has 0 saturated carbocycles. The van der Waals surface area contributed by atoms with Crippen LogP contribution in [0.15, 0.2) is 53.4 Å². The van der Waals surface area contributed by atoms with Crippen molar-refractivity contribution in [2.24, 2.45) is 0 Å². The topological polar surface area (TPSA) is 84.2 Å². The minimum absolute atomic E-state index is 0.000317. The molecule has 6 heteroatoms. The Kier molecular flexibility index (Phi) is 8.02. The fraction of sp³-hybridized carbons (Fsp3) is 0.300. The van der Waals surface area contributed by atoms with Gasteiger partial charge in [0.25, 0.3) is 5.91 Å². The molecule has 5 nitrogen and oxygen atoms in total. The van der Waals surface area contributed by atoms with Crippen LogP contribution >= 0.6 is 11.8 Å². The maximum absolute atomic E-state index is 11.9. The lowest BCUT2D eigenvalue weighted by atomic mass is 10.2. The van der Waals surface area contributed by atoms with E-state index in [1.807, 2.05) is 36.4 Å². The number of nitrogen functional groups attached to an aromatic ring is 1. The molecule has 0 aliphatic heterocycles. The second-order valence-corrected chi connectivity index (χ2v) is 7.07. The zero-order chi connectivity index (χ0) is 18.8. The lowest BCUT2D eigenvalue weighted by molar-refractivity contribution is -0.116. The SMILES string of the molecule is CNC(=O)c1ccc(SCCCCCC(=O)Nc2ccccc2N)cc1. The van der Waals surface area contributed by atoms with Gasteiger partial charge >= 0.3 is 0 Å². The molecule has 0 aliphatic rings. The van der Waals surface area contributed by atoms with E-state index in [1.54, 1.807) is 30.9 Å². The first-order valence-electron chi connectivity index (χ1n) is 8.69. The van der Waals surface area contributed by atoms with Crippen LogP contribution in [0.4, 0.5) is 11.4 Å². The van der Waals surface area contributed by atoms with Crippen LogP contribution in [0.3, 0.4) is 0 Å². The van der Waals surface area contributed by atoms with E-state index in [0.717, 1.165) is 29.9 Å². The maximum Gasteiger partial charge on any atom is 0.251 e. The van der Waals surface area contributed by atoms with E-state index in [9.17, 15) is 9.59 Å². The standard InChI is InChI=1S/C20H25N3O2S/c1-22-20(25)15-10-12-16(13-11-15)26-14-6-2-3-9-19(24)23-18-8-5-4-7-17(18)21/h4-5,7-8,10-13H,2-3,6,9,14,21H2,1H3,(H,22,25)(H,23,24). The molecular weight excluding hydrogens is 346 g/mol. The molecule has 0 unspecified atom stereocenters. The third-order valence-corrected chi connectivity index (χ3v) is 4.99. The summed E-state index contributed by atoms with van der Waals surface area (Å²) in [7, 11) is 1.63. The van der Waals surface area contributed by atoms with E-state index >= 15 is 0 Å². The van der Waals surface area contributed by atoms with Crippen LogP contribution in [0.5, 0.6) is 0 Å². The van der Waals surface area contributed by atoms with Crippen LogP contribution in [-0.4, -0.2) is 24.6 Å². The number of benzene rings is 2. The molecule has 138 valence electrons.